The Morgan fingerprint density at radius 2 is 1.62 bits per heavy atom. The molecule has 40 heavy (non-hydrogen) atoms. The second-order valence-corrected chi connectivity index (χ2v) is 10.4. The Bertz CT molecular complexity index is 1380. The number of carbonyl (C=O) groups is 4. The summed E-state index contributed by atoms with van der Waals surface area (Å²) in [4.78, 5) is 54.0. The summed E-state index contributed by atoms with van der Waals surface area (Å²) in [6.45, 7) is 7.90. The van der Waals surface area contributed by atoms with E-state index in [1.165, 1.54) is 13.8 Å². The van der Waals surface area contributed by atoms with Gasteiger partial charge in [0.05, 0.1) is 11.2 Å². The lowest BCUT2D eigenvalue weighted by molar-refractivity contribution is -0.132. The number of aromatic nitrogens is 1. The van der Waals surface area contributed by atoms with Crippen molar-refractivity contribution in [3.63, 3.8) is 0 Å². The van der Waals surface area contributed by atoms with Crippen LogP contribution in [0.2, 0.25) is 5.02 Å². The standard InChI is InChI=1S/C31H38ClN3O5/c1-6-7-18-33(5)29(38)11-9-8-10-19-34(22(3)36)30-21(2)35(31(39)24-12-14-25(32)15-13-24)28-17-16-26(20-27(28)30)40-23(4)37/h12-17,20H,6-11,18-19H2,1-5H3. The summed E-state index contributed by atoms with van der Waals surface area (Å²) >= 11 is 6.03. The summed E-state index contributed by atoms with van der Waals surface area (Å²) < 4.78 is 6.89. The highest BCUT2D eigenvalue weighted by atomic mass is 35.5. The first-order valence-electron chi connectivity index (χ1n) is 13.7. The molecule has 0 atom stereocenters. The number of ether oxygens (including phenoxy) is 1. The first-order chi connectivity index (χ1) is 19.0. The van der Waals surface area contributed by atoms with Crippen LogP contribution in [0.3, 0.4) is 0 Å². The van der Waals surface area contributed by atoms with E-state index < -0.39 is 5.97 Å². The smallest absolute Gasteiger partial charge is 0.308 e. The first kappa shape index (κ1) is 30.9. The molecule has 1 heterocycles. The van der Waals surface area contributed by atoms with Crippen LogP contribution in [0.15, 0.2) is 42.5 Å². The van der Waals surface area contributed by atoms with Gasteiger partial charge in [-0.3, -0.25) is 23.7 Å². The summed E-state index contributed by atoms with van der Waals surface area (Å²) in [6, 6.07) is 11.7. The molecule has 0 N–H and O–H groups in total. The quantitative estimate of drug-likeness (QED) is 0.144. The van der Waals surface area contributed by atoms with Gasteiger partial charge in [-0.25, -0.2) is 0 Å². The molecule has 3 aromatic rings. The van der Waals surface area contributed by atoms with Crippen molar-refractivity contribution in [3.05, 3.63) is 58.7 Å². The van der Waals surface area contributed by atoms with Crippen LogP contribution in [0.4, 0.5) is 5.69 Å². The van der Waals surface area contributed by atoms with Crippen molar-refractivity contribution >= 4 is 51.9 Å². The van der Waals surface area contributed by atoms with E-state index in [0.29, 0.717) is 58.0 Å². The number of nitrogens with zero attached hydrogens (tertiary/aromatic N) is 3. The molecule has 8 nitrogen and oxygen atoms in total. The zero-order chi connectivity index (χ0) is 29.4. The van der Waals surface area contributed by atoms with Gasteiger partial charge < -0.3 is 14.5 Å². The highest BCUT2D eigenvalue weighted by Crippen LogP contribution is 2.37. The Morgan fingerprint density at radius 1 is 0.925 bits per heavy atom. The molecule has 0 spiro atoms. The molecular formula is C31H38ClN3O5. The van der Waals surface area contributed by atoms with Crippen molar-refractivity contribution in [2.24, 2.45) is 0 Å². The lowest BCUT2D eigenvalue weighted by atomic mass is 10.1. The molecule has 0 aliphatic rings. The normalized spacial score (nSPS) is 10.9. The maximum absolute atomic E-state index is 13.6. The maximum Gasteiger partial charge on any atom is 0.308 e. The minimum Gasteiger partial charge on any atom is -0.427 e. The van der Waals surface area contributed by atoms with Gasteiger partial charge in [-0.15, -0.1) is 0 Å². The Labute approximate surface area is 240 Å². The number of anilines is 1. The SMILES string of the molecule is CCCCN(C)C(=O)CCCCCN(C(C)=O)c1c(C)n(C(=O)c2ccc(Cl)cc2)c2ccc(OC(C)=O)cc12. The molecule has 1 aromatic heterocycles. The Balaban J connectivity index is 1.90. The van der Waals surface area contributed by atoms with Gasteiger partial charge in [0.15, 0.2) is 0 Å². The molecule has 0 fully saturated rings. The maximum atomic E-state index is 13.6. The molecule has 3 rings (SSSR count). The van der Waals surface area contributed by atoms with Gasteiger partial charge in [0, 0.05) is 62.1 Å². The van der Waals surface area contributed by atoms with E-state index in [9.17, 15) is 19.2 Å². The van der Waals surface area contributed by atoms with E-state index >= 15 is 0 Å². The fourth-order valence-corrected chi connectivity index (χ4v) is 4.92. The molecule has 2 aromatic carbocycles. The number of halogens is 1. The number of esters is 1. The molecule has 0 saturated heterocycles. The van der Waals surface area contributed by atoms with Crippen LogP contribution < -0.4 is 9.64 Å². The number of unbranched alkanes of at least 4 members (excludes halogenated alkanes) is 3. The third kappa shape index (κ3) is 7.50. The summed E-state index contributed by atoms with van der Waals surface area (Å²) in [6.07, 6.45) is 4.70. The van der Waals surface area contributed by atoms with Crippen molar-refractivity contribution < 1.29 is 23.9 Å². The monoisotopic (exact) mass is 567 g/mol. The van der Waals surface area contributed by atoms with Gasteiger partial charge in [0.25, 0.3) is 5.91 Å². The average molecular weight is 568 g/mol. The Morgan fingerprint density at radius 3 is 2.25 bits per heavy atom. The van der Waals surface area contributed by atoms with Gasteiger partial charge in [-0.05, 0) is 68.7 Å². The number of fused-ring (bicyclic) bond motifs is 1. The summed E-state index contributed by atoms with van der Waals surface area (Å²) in [5, 5.41) is 1.15. The second kappa shape index (κ2) is 14.1. The molecule has 0 unspecified atom stereocenters. The van der Waals surface area contributed by atoms with Crippen LogP contribution in [0, 0.1) is 6.92 Å². The molecule has 214 valence electrons. The molecule has 0 aliphatic heterocycles. The Kier molecular flexibility index (Phi) is 10.9. The average Bonchev–Trinajstić information content (AvgIpc) is 3.19. The van der Waals surface area contributed by atoms with E-state index in [2.05, 4.69) is 6.92 Å². The van der Waals surface area contributed by atoms with E-state index in [0.717, 1.165) is 32.2 Å². The predicted molar refractivity (Wildman–Crippen MR) is 158 cm³/mol. The van der Waals surface area contributed by atoms with Crippen molar-refractivity contribution in [1.29, 1.82) is 0 Å². The van der Waals surface area contributed by atoms with Gasteiger partial charge in [0.1, 0.15) is 5.75 Å². The second-order valence-electron chi connectivity index (χ2n) is 10.0. The minimum atomic E-state index is -0.465. The number of rotatable bonds is 12. The topological polar surface area (TPSA) is 88.9 Å². The van der Waals surface area contributed by atoms with E-state index in [4.69, 9.17) is 16.3 Å². The number of carbonyl (C=O) groups excluding carboxylic acids is 4. The first-order valence-corrected chi connectivity index (χ1v) is 14.1. The zero-order valence-corrected chi connectivity index (χ0v) is 24.7. The zero-order valence-electron chi connectivity index (χ0n) is 24.0. The molecule has 9 heteroatoms. The third-order valence-corrected chi connectivity index (χ3v) is 7.15. The molecule has 0 radical (unpaired) electrons. The molecule has 0 saturated carbocycles. The van der Waals surface area contributed by atoms with Crippen LogP contribution in [-0.4, -0.2) is 53.3 Å². The predicted octanol–water partition coefficient (Wildman–Crippen LogP) is 6.39. The van der Waals surface area contributed by atoms with Gasteiger partial charge in [0.2, 0.25) is 11.8 Å². The molecule has 2 amide bonds. The largest absolute Gasteiger partial charge is 0.427 e. The number of hydrogen-bond acceptors (Lipinski definition) is 5. The Hall–Kier alpha value is -3.65. The lowest BCUT2D eigenvalue weighted by Gasteiger charge is -2.22. The van der Waals surface area contributed by atoms with Gasteiger partial charge in [-0.2, -0.15) is 0 Å². The van der Waals surface area contributed by atoms with Crippen LogP contribution in [-0.2, 0) is 14.4 Å². The molecule has 0 aliphatic carbocycles. The minimum absolute atomic E-state index is 0.134. The van der Waals surface area contributed by atoms with Crippen molar-refractivity contribution in [2.75, 3.05) is 25.0 Å². The van der Waals surface area contributed by atoms with Crippen LogP contribution >= 0.6 is 11.6 Å². The van der Waals surface area contributed by atoms with E-state index in [1.54, 1.807) is 63.8 Å². The fraction of sp³-hybridized carbons (Fsp3) is 0.419. The van der Waals surface area contributed by atoms with Gasteiger partial charge in [-0.1, -0.05) is 31.4 Å². The highest BCUT2D eigenvalue weighted by Gasteiger charge is 2.26. The van der Waals surface area contributed by atoms with E-state index in [-0.39, 0.29) is 17.7 Å². The van der Waals surface area contributed by atoms with E-state index in [1.807, 2.05) is 7.05 Å². The van der Waals surface area contributed by atoms with Gasteiger partial charge >= 0.3 is 5.97 Å². The van der Waals surface area contributed by atoms with Crippen LogP contribution in [0.1, 0.15) is 75.3 Å². The van der Waals surface area contributed by atoms with Crippen molar-refractivity contribution in [2.45, 2.75) is 66.2 Å². The molecule has 0 bridgehead atoms. The van der Waals surface area contributed by atoms with Crippen LogP contribution in [0.5, 0.6) is 5.75 Å². The van der Waals surface area contributed by atoms with Crippen LogP contribution in [0.25, 0.3) is 10.9 Å². The number of amides is 2. The number of benzene rings is 2. The lowest BCUT2D eigenvalue weighted by Crippen LogP contribution is -2.30. The fourth-order valence-electron chi connectivity index (χ4n) is 4.80. The highest BCUT2D eigenvalue weighted by molar-refractivity contribution is 6.30. The number of hydrogen-bond donors (Lipinski definition) is 0. The summed E-state index contributed by atoms with van der Waals surface area (Å²) in [5.41, 5.74) is 2.23. The van der Waals surface area contributed by atoms with Crippen molar-refractivity contribution in [3.8, 4) is 5.75 Å². The summed E-state index contributed by atoms with van der Waals surface area (Å²) in [5.74, 6) is -0.442. The third-order valence-electron chi connectivity index (χ3n) is 6.89. The summed E-state index contributed by atoms with van der Waals surface area (Å²) in [7, 11) is 1.84. The van der Waals surface area contributed by atoms with Crippen molar-refractivity contribution in [1.82, 2.24) is 9.47 Å². The molecular weight excluding hydrogens is 530 g/mol.